The predicted molar refractivity (Wildman–Crippen MR) is 45.3 cm³/mol. The van der Waals surface area contributed by atoms with Crippen molar-refractivity contribution in [1.82, 2.24) is 4.98 Å². The molecule has 0 aromatic carbocycles. The Bertz CT molecular complexity index is 380. The van der Waals surface area contributed by atoms with Crippen molar-refractivity contribution in [3.8, 4) is 0 Å². The first-order valence-corrected chi connectivity index (χ1v) is 3.84. The molecule has 1 aromatic rings. The fourth-order valence-electron chi connectivity index (χ4n) is 1.05. The van der Waals surface area contributed by atoms with Crippen molar-refractivity contribution in [1.29, 1.82) is 0 Å². The van der Waals surface area contributed by atoms with E-state index in [1.807, 2.05) is 0 Å². The van der Waals surface area contributed by atoms with Crippen molar-refractivity contribution in [3.63, 3.8) is 0 Å². The highest BCUT2D eigenvalue weighted by molar-refractivity contribution is 5.36. The fourth-order valence-corrected chi connectivity index (χ4v) is 1.05. The van der Waals surface area contributed by atoms with Gasteiger partial charge in [0.2, 0.25) is 5.69 Å². The molecule has 0 saturated carbocycles. The van der Waals surface area contributed by atoms with E-state index < -0.39 is 22.9 Å². The SMILES string of the molecule is Cc1cc([N+](=O)[O-])nc(C(F)F)c1C. The van der Waals surface area contributed by atoms with Crippen molar-refractivity contribution < 1.29 is 13.7 Å². The topological polar surface area (TPSA) is 56.0 Å². The van der Waals surface area contributed by atoms with E-state index in [1.54, 1.807) is 0 Å². The Labute approximate surface area is 78.7 Å². The lowest BCUT2D eigenvalue weighted by Gasteiger charge is -2.03. The van der Waals surface area contributed by atoms with Gasteiger partial charge in [-0.1, -0.05) is 0 Å². The zero-order valence-corrected chi connectivity index (χ0v) is 7.62. The van der Waals surface area contributed by atoms with E-state index in [0.29, 0.717) is 11.1 Å². The van der Waals surface area contributed by atoms with Gasteiger partial charge in [-0.2, -0.15) is 0 Å². The zero-order chi connectivity index (χ0) is 10.9. The lowest BCUT2D eigenvalue weighted by molar-refractivity contribution is -0.389. The molecule has 0 unspecified atom stereocenters. The van der Waals surface area contributed by atoms with Gasteiger partial charge in [-0.05, 0) is 29.3 Å². The molecule has 0 radical (unpaired) electrons. The van der Waals surface area contributed by atoms with Crippen LogP contribution in [0, 0.1) is 24.0 Å². The Kier molecular flexibility index (Phi) is 2.73. The van der Waals surface area contributed by atoms with Crippen LogP contribution in [0.5, 0.6) is 0 Å². The summed E-state index contributed by atoms with van der Waals surface area (Å²) >= 11 is 0. The maximum absolute atomic E-state index is 12.4. The van der Waals surface area contributed by atoms with Crippen LogP contribution in [0.4, 0.5) is 14.6 Å². The minimum Gasteiger partial charge on any atom is -0.358 e. The molecular weight excluding hydrogens is 194 g/mol. The third kappa shape index (κ3) is 1.84. The van der Waals surface area contributed by atoms with Crippen LogP contribution in [-0.4, -0.2) is 9.91 Å². The molecule has 0 aliphatic rings. The van der Waals surface area contributed by atoms with Crippen molar-refractivity contribution in [3.05, 3.63) is 33.0 Å². The smallest absolute Gasteiger partial charge is 0.358 e. The molecule has 4 nitrogen and oxygen atoms in total. The number of nitro groups is 1. The highest BCUT2D eigenvalue weighted by Crippen LogP contribution is 2.25. The molecule has 0 spiro atoms. The van der Waals surface area contributed by atoms with Gasteiger partial charge in [0.15, 0.2) is 0 Å². The number of hydrogen-bond donors (Lipinski definition) is 0. The second kappa shape index (κ2) is 3.65. The molecule has 0 amide bonds. The Balaban J connectivity index is 3.35. The maximum Gasteiger partial charge on any atom is 0.364 e. The third-order valence-electron chi connectivity index (χ3n) is 1.95. The second-order valence-corrected chi connectivity index (χ2v) is 2.87. The van der Waals surface area contributed by atoms with E-state index in [1.165, 1.54) is 19.9 Å². The number of pyridine rings is 1. The van der Waals surface area contributed by atoms with Crippen LogP contribution in [0.1, 0.15) is 23.2 Å². The van der Waals surface area contributed by atoms with Crippen molar-refractivity contribution in [2.45, 2.75) is 20.3 Å². The largest absolute Gasteiger partial charge is 0.364 e. The molecule has 6 heteroatoms. The van der Waals surface area contributed by atoms with E-state index in [2.05, 4.69) is 4.98 Å². The molecule has 1 rings (SSSR count). The van der Waals surface area contributed by atoms with Gasteiger partial charge in [-0.25, -0.2) is 8.78 Å². The molecule has 0 aliphatic heterocycles. The Hall–Kier alpha value is -1.59. The number of aryl methyl sites for hydroxylation is 1. The minimum atomic E-state index is -2.78. The molecular formula is C8H8F2N2O2. The predicted octanol–water partition coefficient (Wildman–Crippen LogP) is 2.54. The minimum absolute atomic E-state index is 0.297. The van der Waals surface area contributed by atoms with E-state index in [-0.39, 0.29) is 0 Å². The lowest BCUT2D eigenvalue weighted by atomic mass is 10.1. The van der Waals surface area contributed by atoms with Crippen LogP contribution in [0.15, 0.2) is 6.07 Å². The van der Waals surface area contributed by atoms with Gasteiger partial charge in [-0.3, -0.25) is 0 Å². The number of hydrogen-bond acceptors (Lipinski definition) is 3. The van der Waals surface area contributed by atoms with Gasteiger partial charge in [0.05, 0.1) is 0 Å². The van der Waals surface area contributed by atoms with Crippen LogP contribution in [0.25, 0.3) is 0 Å². The van der Waals surface area contributed by atoms with Crippen LogP contribution in [0.2, 0.25) is 0 Å². The Morgan fingerprint density at radius 3 is 2.50 bits per heavy atom. The first-order chi connectivity index (χ1) is 6.43. The van der Waals surface area contributed by atoms with Crippen molar-refractivity contribution in [2.24, 2.45) is 0 Å². The van der Waals surface area contributed by atoms with Crippen LogP contribution >= 0.6 is 0 Å². The van der Waals surface area contributed by atoms with E-state index in [4.69, 9.17) is 0 Å². The monoisotopic (exact) mass is 202 g/mol. The normalized spacial score (nSPS) is 10.6. The first-order valence-electron chi connectivity index (χ1n) is 3.84. The van der Waals surface area contributed by atoms with Crippen molar-refractivity contribution >= 4 is 5.82 Å². The number of alkyl halides is 2. The second-order valence-electron chi connectivity index (χ2n) is 2.87. The highest BCUT2D eigenvalue weighted by Gasteiger charge is 2.23. The summed E-state index contributed by atoms with van der Waals surface area (Å²) < 4.78 is 24.7. The van der Waals surface area contributed by atoms with Gasteiger partial charge in [-0.15, -0.1) is 0 Å². The zero-order valence-electron chi connectivity index (χ0n) is 7.62. The number of rotatable bonds is 2. The maximum atomic E-state index is 12.4. The van der Waals surface area contributed by atoms with Crippen LogP contribution < -0.4 is 0 Å². The van der Waals surface area contributed by atoms with E-state index >= 15 is 0 Å². The molecule has 0 atom stereocenters. The lowest BCUT2D eigenvalue weighted by Crippen LogP contribution is -2.01. The van der Waals surface area contributed by atoms with Crippen LogP contribution in [-0.2, 0) is 0 Å². The van der Waals surface area contributed by atoms with Gasteiger partial charge >= 0.3 is 12.2 Å². The summed E-state index contributed by atoms with van der Waals surface area (Å²) in [4.78, 5) is 12.8. The fraction of sp³-hybridized carbons (Fsp3) is 0.375. The Morgan fingerprint density at radius 1 is 1.50 bits per heavy atom. The summed E-state index contributed by atoms with van der Waals surface area (Å²) in [6.07, 6.45) is -2.78. The number of aromatic nitrogens is 1. The molecule has 0 bridgehead atoms. The van der Waals surface area contributed by atoms with Gasteiger partial charge < -0.3 is 10.1 Å². The molecule has 0 saturated heterocycles. The first kappa shape index (κ1) is 10.5. The van der Waals surface area contributed by atoms with E-state index in [9.17, 15) is 18.9 Å². The summed E-state index contributed by atoms with van der Waals surface area (Å²) in [5.74, 6) is -0.539. The number of halogens is 2. The van der Waals surface area contributed by atoms with Crippen molar-refractivity contribution in [2.75, 3.05) is 0 Å². The number of nitrogens with zero attached hydrogens (tertiary/aromatic N) is 2. The Morgan fingerprint density at radius 2 is 2.07 bits per heavy atom. The van der Waals surface area contributed by atoms with Gasteiger partial charge in [0, 0.05) is 11.6 Å². The van der Waals surface area contributed by atoms with Gasteiger partial charge in [0.25, 0.3) is 0 Å². The highest BCUT2D eigenvalue weighted by atomic mass is 19.3. The van der Waals surface area contributed by atoms with E-state index in [0.717, 1.165) is 0 Å². The molecule has 14 heavy (non-hydrogen) atoms. The molecule has 0 N–H and O–H groups in total. The quantitative estimate of drug-likeness (QED) is 0.547. The van der Waals surface area contributed by atoms with Crippen LogP contribution in [0.3, 0.4) is 0 Å². The average Bonchev–Trinajstić information content (AvgIpc) is 2.08. The average molecular weight is 202 g/mol. The molecule has 76 valence electrons. The molecule has 0 aliphatic carbocycles. The standard InChI is InChI=1S/C8H8F2N2O2/c1-4-3-6(12(13)14)11-7(5(4)2)8(9)10/h3,8H,1-2H3. The summed E-state index contributed by atoms with van der Waals surface area (Å²) in [7, 11) is 0. The van der Waals surface area contributed by atoms with Gasteiger partial charge in [0.1, 0.15) is 0 Å². The summed E-state index contributed by atoms with van der Waals surface area (Å²) in [5, 5.41) is 10.3. The summed E-state index contributed by atoms with van der Waals surface area (Å²) in [5.41, 5.74) is 0.226. The molecule has 1 heterocycles. The summed E-state index contributed by atoms with van der Waals surface area (Å²) in [6, 6.07) is 1.18. The summed E-state index contributed by atoms with van der Waals surface area (Å²) in [6.45, 7) is 3.00. The molecule has 0 fully saturated rings. The third-order valence-corrected chi connectivity index (χ3v) is 1.95. The molecule has 1 aromatic heterocycles.